The Morgan fingerprint density at radius 2 is 2.25 bits per heavy atom. The predicted molar refractivity (Wildman–Crippen MR) is 76.9 cm³/mol. The van der Waals surface area contributed by atoms with Crippen LogP contribution in [0.5, 0.6) is 0 Å². The molecule has 1 amide bonds. The van der Waals surface area contributed by atoms with Crippen LogP contribution in [0.25, 0.3) is 10.9 Å². The molecule has 0 radical (unpaired) electrons. The van der Waals surface area contributed by atoms with Gasteiger partial charge in [0.05, 0.1) is 18.4 Å². The molecule has 0 spiro atoms. The minimum absolute atomic E-state index is 0.00176. The smallest absolute Gasteiger partial charge is 0.224 e. The van der Waals surface area contributed by atoms with E-state index in [4.69, 9.17) is 5.26 Å². The van der Waals surface area contributed by atoms with E-state index < -0.39 is 0 Å². The van der Waals surface area contributed by atoms with Crippen molar-refractivity contribution in [2.45, 2.75) is 31.7 Å². The van der Waals surface area contributed by atoms with Crippen molar-refractivity contribution in [2.75, 3.05) is 0 Å². The number of benzene rings is 1. The minimum atomic E-state index is -0.0260. The van der Waals surface area contributed by atoms with Crippen molar-refractivity contribution in [3.05, 3.63) is 36.0 Å². The van der Waals surface area contributed by atoms with Crippen molar-refractivity contribution in [2.24, 2.45) is 5.92 Å². The second kappa shape index (κ2) is 5.38. The summed E-state index contributed by atoms with van der Waals surface area (Å²) in [5, 5.41) is 13.1. The number of rotatable bonds is 3. The fourth-order valence-electron chi connectivity index (χ4n) is 3.00. The monoisotopic (exact) mass is 267 g/mol. The highest BCUT2D eigenvalue weighted by atomic mass is 16.1. The lowest BCUT2D eigenvalue weighted by atomic mass is 10.0. The third-order valence-electron chi connectivity index (χ3n) is 4.05. The summed E-state index contributed by atoms with van der Waals surface area (Å²) in [6.45, 7) is 0. The molecule has 1 saturated carbocycles. The molecule has 0 saturated heterocycles. The van der Waals surface area contributed by atoms with Crippen LogP contribution in [0.2, 0.25) is 0 Å². The van der Waals surface area contributed by atoms with Crippen molar-refractivity contribution in [3.63, 3.8) is 0 Å². The first-order chi connectivity index (χ1) is 9.78. The van der Waals surface area contributed by atoms with Gasteiger partial charge < -0.3 is 10.3 Å². The van der Waals surface area contributed by atoms with Crippen molar-refractivity contribution >= 4 is 16.8 Å². The van der Waals surface area contributed by atoms with Crippen LogP contribution in [-0.4, -0.2) is 16.9 Å². The molecule has 102 valence electrons. The van der Waals surface area contributed by atoms with Crippen molar-refractivity contribution < 1.29 is 4.79 Å². The summed E-state index contributed by atoms with van der Waals surface area (Å²) in [7, 11) is 0. The van der Waals surface area contributed by atoms with Crippen molar-refractivity contribution in [1.82, 2.24) is 10.3 Å². The average Bonchev–Trinajstić information content (AvgIpc) is 3.06. The van der Waals surface area contributed by atoms with E-state index in [0.717, 1.165) is 35.7 Å². The Kier molecular flexibility index (Phi) is 3.42. The summed E-state index contributed by atoms with van der Waals surface area (Å²) >= 11 is 0. The Labute approximate surface area is 117 Å². The van der Waals surface area contributed by atoms with Crippen LogP contribution in [0.15, 0.2) is 30.5 Å². The number of aromatic amines is 1. The molecule has 1 aliphatic carbocycles. The van der Waals surface area contributed by atoms with E-state index in [9.17, 15) is 4.79 Å². The van der Waals surface area contributed by atoms with Crippen LogP contribution in [0.4, 0.5) is 0 Å². The predicted octanol–water partition coefficient (Wildman–Crippen LogP) is 2.52. The van der Waals surface area contributed by atoms with Crippen LogP contribution in [0.1, 0.15) is 24.8 Å². The Hall–Kier alpha value is -2.28. The highest BCUT2D eigenvalue weighted by Gasteiger charge is 2.28. The van der Waals surface area contributed by atoms with Gasteiger partial charge in [0.25, 0.3) is 0 Å². The first-order valence-corrected chi connectivity index (χ1v) is 7.02. The number of nitrogens with zero attached hydrogens (tertiary/aromatic N) is 1. The van der Waals surface area contributed by atoms with Gasteiger partial charge in [0, 0.05) is 23.1 Å². The summed E-state index contributed by atoms with van der Waals surface area (Å²) in [4.78, 5) is 15.3. The fraction of sp³-hybridized carbons (Fsp3) is 0.375. The first kappa shape index (κ1) is 12.7. The third kappa shape index (κ3) is 2.39. The van der Waals surface area contributed by atoms with Gasteiger partial charge in [0.1, 0.15) is 0 Å². The topological polar surface area (TPSA) is 68.7 Å². The Morgan fingerprint density at radius 1 is 1.40 bits per heavy atom. The zero-order valence-corrected chi connectivity index (χ0v) is 11.2. The molecule has 2 N–H and O–H groups in total. The summed E-state index contributed by atoms with van der Waals surface area (Å²) in [6.07, 6.45) is 5.09. The second-order valence-electron chi connectivity index (χ2n) is 5.38. The highest BCUT2D eigenvalue weighted by Crippen LogP contribution is 2.25. The zero-order valence-electron chi connectivity index (χ0n) is 11.2. The van der Waals surface area contributed by atoms with E-state index in [1.54, 1.807) is 0 Å². The van der Waals surface area contributed by atoms with Gasteiger partial charge in [-0.2, -0.15) is 5.26 Å². The van der Waals surface area contributed by atoms with Gasteiger partial charge in [-0.3, -0.25) is 4.79 Å². The molecule has 1 aromatic heterocycles. The molecule has 1 fully saturated rings. The van der Waals surface area contributed by atoms with Crippen molar-refractivity contribution in [1.29, 1.82) is 5.26 Å². The Balaban J connectivity index is 1.69. The number of carbonyl (C=O) groups excluding carboxylic acids is 1. The molecule has 2 atom stereocenters. The minimum Gasteiger partial charge on any atom is -0.361 e. The number of hydrogen-bond donors (Lipinski definition) is 2. The number of hydrogen-bond acceptors (Lipinski definition) is 2. The van der Waals surface area contributed by atoms with Gasteiger partial charge in [-0.05, 0) is 30.9 Å². The van der Waals surface area contributed by atoms with Gasteiger partial charge in [-0.25, -0.2) is 0 Å². The van der Waals surface area contributed by atoms with E-state index >= 15 is 0 Å². The van der Waals surface area contributed by atoms with Gasteiger partial charge in [-0.1, -0.05) is 18.2 Å². The summed E-state index contributed by atoms with van der Waals surface area (Å²) in [6, 6.07) is 10.3. The van der Waals surface area contributed by atoms with Crippen LogP contribution < -0.4 is 5.32 Å². The van der Waals surface area contributed by atoms with Gasteiger partial charge in [0.2, 0.25) is 5.91 Å². The van der Waals surface area contributed by atoms with E-state index in [2.05, 4.69) is 16.4 Å². The van der Waals surface area contributed by atoms with E-state index in [-0.39, 0.29) is 17.9 Å². The quantitative estimate of drug-likeness (QED) is 0.897. The molecule has 20 heavy (non-hydrogen) atoms. The van der Waals surface area contributed by atoms with Crippen molar-refractivity contribution in [3.8, 4) is 6.07 Å². The van der Waals surface area contributed by atoms with Crippen LogP contribution in [0, 0.1) is 17.2 Å². The first-order valence-electron chi connectivity index (χ1n) is 7.02. The van der Waals surface area contributed by atoms with Gasteiger partial charge in [0.15, 0.2) is 0 Å². The molecule has 2 unspecified atom stereocenters. The SMILES string of the molecule is N#CC1CCCC1NC(=O)Cc1c[nH]c2ccccc12. The lowest BCUT2D eigenvalue weighted by molar-refractivity contribution is -0.121. The molecule has 4 nitrogen and oxygen atoms in total. The summed E-state index contributed by atoms with van der Waals surface area (Å²) < 4.78 is 0. The van der Waals surface area contributed by atoms with Crippen LogP contribution in [-0.2, 0) is 11.2 Å². The summed E-state index contributed by atoms with van der Waals surface area (Å²) in [5.41, 5.74) is 2.05. The zero-order chi connectivity index (χ0) is 13.9. The molecule has 0 aliphatic heterocycles. The van der Waals surface area contributed by atoms with E-state index in [0.29, 0.717) is 6.42 Å². The number of para-hydroxylation sites is 1. The second-order valence-corrected chi connectivity index (χ2v) is 5.38. The molecular weight excluding hydrogens is 250 g/mol. The number of aromatic nitrogens is 1. The lowest BCUT2D eigenvalue weighted by Crippen LogP contribution is -2.37. The number of H-pyrrole nitrogens is 1. The molecule has 0 bridgehead atoms. The number of nitrogens with one attached hydrogen (secondary N) is 2. The Morgan fingerprint density at radius 3 is 3.10 bits per heavy atom. The normalized spacial score (nSPS) is 21.8. The van der Waals surface area contributed by atoms with Crippen LogP contribution >= 0.6 is 0 Å². The molecule has 3 rings (SSSR count). The third-order valence-corrected chi connectivity index (χ3v) is 4.05. The van der Waals surface area contributed by atoms with E-state index in [1.807, 2.05) is 30.5 Å². The largest absolute Gasteiger partial charge is 0.361 e. The van der Waals surface area contributed by atoms with Crippen LogP contribution in [0.3, 0.4) is 0 Å². The number of carbonyl (C=O) groups is 1. The number of fused-ring (bicyclic) bond motifs is 1. The molecule has 1 aliphatic rings. The number of nitriles is 1. The summed E-state index contributed by atoms with van der Waals surface area (Å²) in [5.74, 6) is -0.0242. The standard InChI is InChI=1S/C16H17N3O/c17-9-11-4-3-7-14(11)19-16(20)8-12-10-18-15-6-2-1-5-13(12)15/h1-2,5-6,10-11,14,18H,3-4,7-8H2,(H,19,20). The number of amides is 1. The maximum absolute atomic E-state index is 12.1. The van der Waals surface area contributed by atoms with E-state index in [1.165, 1.54) is 0 Å². The van der Waals surface area contributed by atoms with Gasteiger partial charge in [-0.15, -0.1) is 0 Å². The lowest BCUT2D eigenvalue weighted by Gasteiger charge is -2.15. The fourth-order valence-corrected chi connectivity index (χ4v) is 3.00. The molecular formula is C16H17N3O. The highest BCUT2D eigenvalue weighted by molar-refractivity contribution is 5.88. The Bertz CT molecular complexity index is 668. The molecule has 2 aromatic rings. The maximum atomic E-state index is 12.1. The molecule has 1 heterocycles. The average molecular weight is 267 g/mol. The van der Waals surface area contributed by atoms with Gasteiger partial charge >= 0.3 is 0 Å². The maximum Gasteiger partial charge on any atom is 0.224 e. The molecule has 1 aromatic carbocycles. The molecule has 4 heteroatoms.